The van der Waals surface area contributed by atoms with Crippen molar-refractivity contribution < 1.29 is 9.53 Å². The standard InChI is InChI=1S/C7H12N4O2/c1-7(2,13-3)6(12)9-5-4-8-11-10-5/h4H,1-3H3,(H2,8,9,10,11,12). The Labute approximate surface area is 75.7 Å². The second kappa shape index (κ2) is 3.53. The van der Waals surface area contributed by atoms with E-state index in [9.17, 15) is 4.79 Å². The monoisotopic (exact) mass is 184 g/mol. The molecule has 0 aromatic carbocycles. The molecule has 1 rings (SSSR count). The number of carbonyl (C=O) groups is 1. The van der Waals surface area contributed by atoms with Crippen molar-refractivity contribution in [3.8, 4) is 0 Å². The fourth-order valence-electron chi connectivity index (χ4n) is 0.621. The molecule has 0 unspecified atom stereocenters. The summed E-state index contributed by atoms with van der Waals surface area (Å²) in [5.41, 5.74) is -0.862. The molecular weight excluding hydrogens is 172 g/mol. The topological polar surface area (TPSA) is 79.9 Å². The number of H-pyrrole nitrogens is 1. The maximum atomic E-state index is 11.4. The van der Waals surface area contributed by atoms with Crippen LogP contribution in [0, 0.1) is 0 Å². The molecule has 13 heavy (non-hydrogen) atoms. The fraction of sp³-hybridized carbons (Fsp3) is 0.571. The van der Waals surface area contributed by atoms with E-state index in [1.54, 1.807) is 13.8 Å². The summed E-state index contributed by atoms with van der Waals surface area (Å²) in [6.07, 6.45) is 1.42. The lowest BCUT2D eigenvalue weighted by Crippen LogP contribution is -2.38. The van der Waals surface area contributed by atoms with Crippen LogP contribution in [0.2, 0.25) is 0 Å². The minimum Gasteiger partial charge on any atom is -0.369 e. The maximum absolute atomic E-state index is 11.4. The van der Waals surface area contributed by atoms with Gasteiger partial charge in [-0.2, -0.15) is 10.3 Å². The quantitative estimate of drug-likeness (QED) is 0.701. The summed E-state index contributed by atoms with van der Waals surface area (Å²) in [5.74, 6) is 0.124. The first-order valence-corrected chi connectivity index (χ1v) is 3.78. The van der Waals surface area contributed by atoms with Gasteiger partial charge in [-0.25, -0.2) is 0 Å². The zero-order chi connectivity index (χ0) is 9.90. The van der Waals surface area contributed by atoms with Crippen molar-refractivity contribution in [2.24, 2.45) is 0 Å². The number of anilines is 1. The smallest absolute Gasteiger partial charge is 0.257 e. The lowest BCUT2D eigenvalue weighted by Gasteiger charge is -2.20. The number of nitrogens with one attached hydrogen (secondary N) is 2. The Bertz CT molecular complexity index is 281. The Morgan fingerprint density at radius 2 is 2.38 bits per heavy atom. The Morgan fingerprint density at radius 1 is 1.69 bits per heavy atom. The molecule has 1 heterocycles. The lowest BCUT2D eigenvalue weighted by atomic mass is 10.1. The molecule has 0 bridgehead atoms. The van der Waals surface area contributed by atoms with E-state index >= 15 is 0 Å². The number of aromatic amines is 1. The average Bonchev–Trinajstić information content (AvgIpc) is 2.57. The number of rotatable bonds is 3. The Hall–Kier alpha value is -1.43. The SMILES string of the molecule is COC(C)(C)C(=O)Nc1cn[nH]n1. The van der Waals surface area contributed by atoms with Crippen LogP contribution in [-0.4, -0.2) is 34.0 Å². The predicted octanol–water partition coefficient (Wildman–Crippen LogP) is 0.168. The number of hydrogen-bond acceptors (Lipinski definition) is 4. The van der Waals surface area contributed by atoms with Crippen molar-refractivity contribution >= 4 is 11.7 Å². The third kappa shape index (κ3) is 2.25. The van der Waals surface area contributed by atoms with Gasteiger partial charge in [0, 0.05) is 7.11 Å². The van der Waals surface area contributed by atoms with Gasteiger partial charge in [-0.3, -0.25) is 4.79 Å². The number of nitrogens with zero attached hydrogens (tertiary/aromatic N) is 2. The van der Waals surface area contributed by atoms with E-state index < -0.39 is 5.60 Å². The minimum atomic E-state index is -0.862. The van der Waals surface area contributed by atoms with E-state index in [0.29, 0.717) is 5.82 Å². The van der Waals surface area contributed by atoms with Crippen LogP contribution in [0.15, 0.2) is 6.20 Å². The van der Waals surface area contributed by atoms with Gasteiger partial charge in [0.25, 0.3) is 5.91 Å². The molecule has 0 saturated carbocycles. The van der Waals surface area contributed by atoms with E-state index in [4.69, 9.17) is 4.74 Å². The maximum Gasteiger partial charge on any atom is 0.257 e. The van der Waals surface area contributed by atoms with Crippen molar-refractivity contribution in [3.63, 3.8) is 0 Å². The van der Waals surface area contributed by atoms with Crippen LogP contribution in [0.1, 0.15) is 13.8 Å². The number of aromatic nitrogens is 3. The Morgan fingerprint density at radius 3 is 2.85 bits per heavy atom. The van der Waals surface area contributed by atoms with Crippen molar-refractivity contribution in [1.82, 2.24) is 15.4 Å². The van der Waals surface area contributed by atoms with E-state index in [1.807, 2.05) is 0 Å². The van der Waals surface area contributed by atoms with Gasteiger partial charge in [0.05, 0.1) is 6.20 Å². The molecule has 1 aromatic rings. The number of hydrogen-bond donors (Lipinski definition) is 2. The number of methoxy groups -OCH3 is 1. The van der Waals surface area contributed by atoms with Crippen LogP contribution in [-0.2, 0) is 9.53 Å². The zero-order valence-electron chi connectivity index (χ0n) is 7.79. The number of ether oxygens (including phenoxy) is 1. The molecule has 1 aromatic heterocycles. The summed E-state index contributed by atoms with van der Waals surface area (Å²) in [6.45, 7) is 3.34. The van der Waals surface area contributed by atoms with Crippen LogP contribution in [0.5, 0.6) is 0 Å². The molecule has 0 aliphatic rings. The van der Waals surface area contributed by atoms with Gasteiger partial charge in [0.1, 0.15) is 5.60 Å². The molecule has 0 spiro atoms. The first-order chi connectivity index (χ1) is 6.06. The van der Waals surface area contributed by atoms with Gasteiger partial charge in [0.2, 0.25) is 0 Å². The van der Waals surface area contributed by atoms with Crippen LogP contribution in [0.25, 0.3) is 0 Å². The normalized spacial score (nSPS) is 11.3. The highest BCUT2D eigenvalue weighted by molar-refractivity contribution is 5.95. The van der Waals surface area contributed by atoms with Crippen LogP contribution in [0.4, 0.5) is 5.82 Å². The zero-order valence-corrected chi connectivity index (χ0v) is 7.79. The summed E-state index contributed by atoms with van der Waals surface area (Å²) in [7, 11) is 1.47. The molecule has 2 N–H and O–H groups in total. The molecule has 6 heteroatoms. The molecule has 0 fully saturated rings. The van der Waals surface area contributed by atoms with E-state index in [-0.39, 0.29) is 5.91 Å². The molecule has 0 radical (unpaired) electrons. The van der Waals surface area contributed by atoms with Crippen molar-refractivity contribution in [3.05, 3.63) is 6.20 Å². The van der Waals surface area contributed by atoms with Gasteiger partial charge in [-0.15, -0.1) is 5.10 Å². The van der Waals surface area contributed by atoms with Crippen LogP contribution >= 0.6 is 0 Å². The van der Waals surface area contributed by atoms with Gasteiger partial charge in [0.15, 0.2) is 5.82 Å². The molecule has 72 valence electrons. The van der Waals surface area contributed by atoms with Gasteiger partial charge in [-0.1, -0.05) is 0 Å². The Balaban J connectivity index is 2.61. The van der Waals surface area contributed by atoms with Gasteiger partial charge in [-0.05, 0) is 13.8 Å². The molecule has 0 aliphatic carbocycles. The third-order valence-electron chi connectivity index (χ3n) is 1.71. The predicted molar refractivity (Wildman–Crippen MR) is 46.1 cm³/mol. The van der Waals surface area contributed by atoms with Gasteiger partial charge < -0.3 is 10.1 Å². The first-order valence-electron chi connectivity index (χ1n) is 3.78. The molecule has 0 aliphatic heterocycles. The molecule has 6 nitrogen and oxygen atoms in total. The molecule has 1 amide bonds. The highest BCUT2D eigenvalue weighted by Gasteiger charge is 2.27. The summed E-state index contributed by atoms with van der Waals surface area (Å²) >= 11 is 0. The minimum absolute atomic E-state index is 0.260. The van der Waals surface area contributed by atoms with Crippen molar-refractivity contribution in [2.75, 3.05) is 12.4 Å². The van der Waals surface area contributed by atoms with E-state index in [0.717, 1.165) is 0 Å². The highest BCUT2D eigenvalue weighted by atomic mass is 16.5. The van der Waals surface area contributed by atoms with Crippen LogP contribution in [0.3, 0.4) is 0 Å². The van der Waals surface area contributed by atoms with E-state index in [1.165, 1.54) is 13.3 Å². The van der Waals surface area contributed by atoms with Crippen LogP contribution < -0.4 is 5.32 Å². The van der Waals surface area contributed by atoms with Crippen molar-refractivity contribution in [2.45, 2.75) is 19.4 Å². The van der Waals surface area contributed by atoms with Crippen molar-refractivity contribution in [1.29, 1.82) is 0 Å². The second-order valence-electron chi connectivity index (χ2n) is 3.02. The summed E-state index contributed by atoms with van der Waals surface area (Å²) < 4.78 is 4.98. The highest BCUT2D eigenvalue weighted by Crippen LogP contribution is 2.10. The third-order valence-corrected chi connectivity index (χ3v) is 1.71. The number of amides is 1. The summed E-state index contributed by atoms with van der Waals surface area (Å²) in [4.78, 5) is 11.4. The lowest BCUT2D eigenvalue weighted by molar-refractivity contribution is -0.133. The summed E-state index contributed by atoms with van der Waals surface area (Å²) in [6, 6.07) is 0. The Kier molecular flexibility index (Phi) is 2.62. The molecular formula is C7H12N4O2. The second-order valence-corrected chi connectivity index (χ2v) is 3.02. The summed E-state index contributed by atoms with van der Waals surface area (Å²) in [5, 5.41) is 12.2. The molecule has 0 atom stereocenters. The number of carbonyl (C=O) groups excluding carboxylic acids is 1. The molecule has 0 saturated heterocycles. The van der Waals surface area contributed by atoms with E-state index in [2.05, 4.69) is 20.7 Å². The van der Waals surface area contributed by atoms with Gasteiger partial charge >= 0.3 is 0 Å². The first kappa shape index (κ1) is 9.66. The fourth-order valence-corrected chi connectivity index (χ4v) is 0.621. The largest absolute Gasteiger partial charge is 0.369 e. The average molecular weight is 184 g/mol.